The van der Waals surface area contributed by atoms with Crippen molar-refractivity contribution in [2.75, 3.05) is 52.9 Å². The minimum absolute atomic E-state index is 0.125. The van der Waals surface area contributed by atoms with Crippen LogP contribution in [0.5, 0.6) is 0 Å². The first-order valence-corrected chi connectivity index (χ1v) is 10.8. The summed E-state index contributed by atoms with van der Waals surface area (Å²) in [4.78, 5) is 20.4. The van der Waals surface area contributed by atoms with Gasteiger partial charge in [-0.1, -0.05) is 0 Å². The largest absolute Gasteiger partial charge is 0.396 e. The summed E-state index contributed by atoms with van der Waals surface area (Å²) >= 11 is 0. The van der Waals surface area contributed by atoms with Gasteiger partial charge in [-0.2, -0.15) is 5.10 Å². The molecule has 7 heteroatoms. The molecule has 28 heavy (non-hydrogen) atoms. The Hall–Kier alpha value is -1.44. The molecule has 1 aromatic rings. The van der Waals surface area contributed by atoms with E-state index in [0.29, 0.717) is 12.0 Å². The maximum absolute atomic E-state index is 13.3. The molecule has 2 saturated heterocycles. The van der Waals surface area contributed by atoms with E-state index in [9.17, 15) is 9.90 Å². The van der Waals surface area contributed by atoms with Crippen LogP contribution in [0.15, 0.2) is 0 Å². The summed E-state index contributed by atoms with van der Waals surface area (Å²) in [5, 5.41) is 13.9. The van der Waals surface area contributed by atoms with E-state index in [4.69, 9.17) is 0 Å². The van der Waals surface area contributed by atoms with Crippen LogP contribution in [0.3, 0.4) is 0 Å². The number of nitrogens with zero attached hydrogens (tertiary/aromatic N) is 5. The Labute approximate surface area is 169 Å². The highest BCUT2D eigenvalue weighted by molar-refractivity contribution is 5.96. The number of aliphatic hydroxyl groups excluding tert-OH is 1. The molecule has 2 aliphatic heterocycles. The molecular weight excluding hydrogens is 354 g/mol. The number of rotatable bonds is 6. The second-order valence-electron chi connectivity index (χ2n) is 8.43. The lowest BCUT2D eigenvalue weighted by atomic mass is 9.86. The zero-order valence-corrected chi connectivity index (χ0v) is 18.0. The predicted octanol–water partition coefficient (Wildman–Crippen LogP) is 1.37. The lowest BCUT2D eigenvalue weighted by Crippen LogP contribution is -2.57. The van der Waals surface area contributed by atoms with Crippen LogP contribution in [0, 0.1) is 19.8 Å². The number of piperidine rings is 1. The Morgan fingerprint density at radius 1 is 1.18 bits per heavy atom. The highest BCUT2D eigenvalue weighted by Gasteiger charge is 2.36. The number of amides is 1. The summed E-state index contributed by atoms with van der Waals surface area (Å²) in [7, 11) is 2.18. The van der Waals surface area contributed by atoms with Crippen molar-refractivity contribution >= 4 is 5.91 Å². The van der Waals surface area contributed by atoms with Gasteiger partial charge >= 0.3 is 0 Å². The average molecular weight is 392 g/mol. The van der Waals surface area contributed by atoms with Gasteiger partial charge in [-0.3, -0.25) is 14.4 Å². The fourth-order valence-electron chi connectivity index (χ4n) is 4.95. The zero-order valence-electron chi connectivity index (χ0n) is 18.0. The van der Waals surface area contributed by atoms with Gasteiger partial charge in [0.1, 0.15) is 0 Å². The first-order valence-electron chi connectivity index (χ1n) is 10.8. The van der Waals surface area contributed by atoms with Crippen molar-refractivity contribution in [2.24, 2.45) is 5.92 Å². The van der Waals surface area contributed by atoms with Crippen LogP contribution in [-0.4, -0.2) is 94.5 Å². The van der Waals surface area contributed by atoms with E-state index in [1.165, 1.54) is 0 Å². The molecule has 0 aliphatic carbocycles. The SMILES string of the molecule is CCn1nc(C)c(C(=O)N2CC[C@H](N3CCN(C)CC3)[C@H](CCCO)C2)c1C. The summed E-state index contributed by atoms with van der Waals surface area (Å²) in [5.74, 6) is 0.551. The first-order chi connectivity index (χ1) is 13.5. The van der Waals surface area contributed by atoms with E-state index in [0.717, 1.165) is 82.0 Å². The number of hydrogen-bond acceptors (Lipinski definition) is 5. The first kappa shape index (κ1) is 21.3. The normalized spacial score (nSPS) is 24.7. The van der Waals surface area contributed by atoms with Crippen molar-refractivity contribution in [3.8, 4) is 0 Å². The van der Waals surface area contributed by atoms with Gasteiger partial charge in [-0.15, -0.1) is 0 Å². The van der Waals surface area contributed by atoms with Crippen molar-refractivity contribution in [3.63, 3.8) is 0 Å². The highest BCUT2D eigenvalue weighted by Crippen LogP contribution is 2.29. The fraction of sp³-hybridized carbons (Fsp3) is 0.810. The second-order valence-corrected chi connectivity index (χ2v) is 8.43. The Balaban J connectivity index is 1.73. The minimum Gasteiger partial charge on any atom is -0.396 e. The molecule has 2 fully saturated rings. The number of aliphatic hydroxyl groups is 1. The van der Waals surface area contributed by atoms with Crippen LogP contribution in [0.1, 0.15) is 47.9 Å². The monoisotopic (exact) mass is 391 g/mol. The van der Waals surface area contributed by atoms with Crippen LogP contribution in [0.4, 0.5) is 0 Å². The van der Waals surface area contributed by atoms with Gasteiger partial charge in [0.2, 0.25) is 0 Å². The molecule has 1 N–H and O–H groups in total. The van der Waals surface area contributed by atoms with Gasteiger partial charge in [0.15, 0.2) is 0 Å². The fourth-order valence-corrected chi connectivity index (χ4v) is 4.95. The molecule has 158 valence electrons. The third-order valence-electron chi connectivity index (χ3n) is 6.62. The third-order valence-corrected chi connectivity index (χ3v) is 6.62. The lowest BCUT2D eigenvalue weighted by molar-refractivity contribution is 0.0217. The average Bonchev–Trinajstić information content (AvgIpc) is 2.99. The number of carbonyl (C=O) groups is 1. The van der Waals surface area contributed by atoms with Crippen LogP contribution >= 0.6 is 0 Å². The number of likely N-dealkylation sites (tertiary alicyclic amines) is 1. The van der Waals surface area contributed by atoms with Crippen molar-refractivity contribution in [3.05, 3.63) is 17.0 Å². The van der Waals surface area contributed by atoms with E-state index in [1.54, 1.807) is 0 Å². The summed E-state index contributed by atoms with van der Waals surface area (Å²) in [5.41, 5.74) is 2.58. The summed E-state index contributed by atoms with van der Waals surface area (Å²) in [6.45, 7) is 13.0. The number of aryl methyl sites for hydroxylation is 2. The molecule has 0 bridgehead atoms. The quantitative estimate of drug-likeness (QED) is 0.794. The van der Waals surface area contributed by atoms with Crippen LogP contribution < -0.4 is 0 Å². The van der Waals surface area contributed by atoms with E-state index in [-0.39, 0.29) is 12.5 Å². The van der Waals surface area contributed by atoms with Gasteiger partial charge in [0.25, 0.3) is 5.91 Å². The Kier molecular flexibility index (Phi) is 7.12. The molecular formula is C21H37N5O2. The van der Waals surface area contributed by atoms with Crippen LogP contribution in [-0.2, 0) is 6.54 Å². The van der Waals surface area contributed by atoms with Gasteiger partial charge in [-0.25, -0.2) is 0 Å². The number of aromatic nitrogens is 2. The van der Waals surface area contributed by atoms with E-state index in [1.807, 2.05) is 23.4 Å². The van der Waals surface area contributed by atoms with Crippen molar-refractivity contribution in [1.29, 1.82) is 0 Å². The molecule has 3 rings (SSSR count). The molecule has 3 heterocycles. The van der Waals surface area contributed by atoms with Crippen LogP contribution in [0.25, 0.3) is 0 Å². The Morgan fingerprint density at radius 2 is 1.89 bits per heavy atom. The maximum atomic E-state index is 13.3. The highest BCUT2D eigenvalue weighted by atomic mass is 16.3. The Bertz CT molecular complexity index is 666. The van der Waals surface area contributed by atoms with Crippen molar-refractivity contribution in [1.82, 2.24) is 24.5 Å². The number of likely N-dealkylation sites (N-methyl/N-ethyl adjacent to an activating group) is 1. The smallest absolute Gasteiger partial charge is 0.257 e. The van der Waals surface area contributed by atoms with Gasteiger partial charge in [-0.05, 0) is 53.0 Å². The number of carbonyl (C=O) groups excluding carboxylic acids is 1. The van der Waals surface area contributed by atoms with E-state index >= 15 is 0 Å². The van der Waals surface area contributed by atoms with Gasteiger partial charge in [0, 0.05) is 64.2 Å². The molecule has 7 nitrogen and oxygen atoms in total. The van der Waals surface area contributed by atoms with Crippen molar-refractivity contribution < 1.29 is 9.90 Å². The molecule has 0 radical (unpaired) electrons. The standard InChI is InChI=1S/C21H37N5O2/c1-5-26-17(3)20(16(2)22-26)21(28)25-9-8-19(18(15-25)7-6-14-27)24-12-10-23(4)11-13-24/h18-19,27H,5-15H2,1-4H3/t18-,19+/m1/s1. The molecule has 0 spiro atoms. The predicted molar refractivity (Wildman–Crippen MR) is 111 cm³/mol. The third kappa shape index (κ3) is 4.42. The zero-order chi connectivity index (χ0) is 20.3. The van der Waals surface area contributed by atoms with E-state index in [2.05, 4.69) is 28.9 Å². The number of piperazine rings is 1. The van der Waals surface area contributed by atoms with Gasteiger partial charge < -0.3 is 14.9 Å². The molecule has 2 aliphatic rings. The second kappa shape index (κ2) is 9.37. The van der Waals surface area contributed by atoms with Gasteiger partial charge in [0.05, 0.1) is 11.3 Å². The number of hydrogen-bond donors (Lipinski definition) is 1. The molecule has 0 unspecified atom stereocenters. The topological polar surface area (TPSA) is 64.8 Å². The molecule has 2 atom stereocenters. The minimum atomic E-state index is 0.125. The summed E-state index contributed by atoms with van der Waals surface area (Å²) < 4.78 is 1.92. The maximum Gasteiger partial charge on any atom is 0.257 e. The molecule has 0 aromatic carbocycles. The lowest BCUT2D eigenvalue weighted by Gasteiger charge is -2.46. The molecule has 1 aromatic heterocycles. The molecule has 0 saturated carbocycles. The van der Waals surface area contributed by atoms with Crippen molar-refractivity contribution in [2.45, 2.75) is 52.6 Å². The van der Waals surface area contributed by atoms with Crippen LogP contribution in [0.2, 0.25) is 0 Å². The summed E-state index contributed by atoms with van der Waals surface area (Å²) in [6.07, 6.45) is 2.80. The summed E-state index contributed by atoms with van der Waals surface area (Å²) in [6, 6.07) is 0.518. The Morgan fingerprint density at radius 3 is 2.50 bits per heavy atom. The molecule has 1 amide bonds. The van der Waals surface area contributed by atoms with E-state index < -0.39 is 0 Å².